The number of amides is 1. The molecule has 1 aliphatic carbocycles. The van der Waals surface area contributed by atoms with Crippen LogP contribution >= 0.6 is 0 Å². The molecule has 234 valence electrons. The van der Waals surface area contributed by atoms with Crippen LogP contribution in [0.5, 0.6) is 0 Å². The number of ether oxygens (including phenoxy) is 2. The molecule has 9 heteroatoms. The van der Waals surface area contributed by atoms with Crippen LogP contribution in [0.25, 0.3) is 39.3 Å². The number of fused-ring (bicyclic) bond motifs is 1. The summed E-state index contributed by atoms with van der Waals surface area (Å²) < 4.78 is 14.2. The standard InChI is InChI=1S/C37H37N5O4/c1-7-36(5,6)46-34(44)42-24-28(23-38-42)27-18-21-41-30(22-27)39-31(32(41)26-12-9-8-10-13-26)25-14-16-29(17-15-25)37(19-11-20-37)40-33(43)45-35(2,3)4/h7-10,12-18,21-24H,1-2,11,19-20H2,3-6H3/p+1. The van der Waals surface area contributed by atoms with Crippen molar-refractivity contribution in [2.24, 2.45) is 0 Å². The van der Waals surface area contributed by atoms with Crippen LogP contribution in [0.15, 0.2) is 98.0 Å². The maximum absolute atomic E-state index is 12.6. The van der Waals surface area contributed by atoms with E-state index in [-0.39, 0.29) is 0 Å². The molecule has 3 heterocycles. The van der Waals surface area contributed by atoms with Crippen LogP contribution in [0, 0.1) is 6.92 Å². The van der Waals surface area contributed by atoms with Gasteiger partial charge in [0.25, 0.3) is 0 Å². The number of carbonyl (C=O) groups is 2. The van der Waals surface area contributed by atoms with Gasteiger partial charge in [-0.25, -0.2) is 14.6 Å². The number of nitrogens with one attached hydrogen (secondary N) is 1. The summed E-state index contributed by atoms with van der Waals surface area (Å²) in [4.78, 5) is 30.4. The molecule has 0 spiro atoms. The first kappa shape index (κ1) is 30.7. The van der Waals surface area contributed by atoms with E-state index in [0.717, 1.165) is 64.1 Å². The minimum atomic E-state index is -0.815. The Hall–Kier alpha value is -5.31. The second-order valence-corrected chi connectivity index (χ2v) is 13.0. The number of hydrogen-bond acceptors (Lipinski definition) is 6. The average molecular weight is 617 g/mol. The number of nitrogens with zero attached hydrogens (tertiary/aromatic N) is 4. The summed E-state index contributed by atoms with van der Waals surface area (Å²) in [5, 5.41) is 7.33. The number of benzene rings is 2. The van der Waals surface area contributed by atoms with Crippen LogP contribution in [-0.2, 0) is 15.0 Å². The lowest BCUT2D eigenvalue weighted by Crippen LogP contribution is -2.52. The molecule has 6 rings (SSSR count). The Balaban J connectivity index is 1.34. The van der Waals surface area contributed by atoms with Crippen LogP contribution in [0.4, 0.5) is 9.59 Å². The van der Waals surface area contributed by atoms with Crippen LogP contribution in [0.3, 0.4) is 0 Å². The fourth-order valence-corrected chi connectivity index (χ4v) is 5.62. The van der Waals surface area contributed by atoms with Gasteiger partial charge in [-0.2, -0.15) is 9.78 Å². The van der Waals surface area contributed by atoms with Gasteiger partial charge in [0, 0.05) is 42.9 Å². The first-order valence-electron chi connectivity index (χ1n) is 15.3. The molecule has 2 aromatic carbocycles. The Bertz CT molecular complexity index is 1910. The van der Waals surface area contributed by atoms with Crippen molar-refractivity contribution in [2.75, 3.05) is 0 Å². The van der Waals surface area contributed by atoms with E-state index in [2.05, 4.69) is 64.7 Å². The smallest absolute Gasteiger partial charge is 0.435 e. The predicted molar refractivity (Wildman–Crippen MR) is 178 cm³/mol. The van der Waals surface area contributed by atoms with Gasteiger partial charge in [0.05, 0.1) is 23.1 Å². The highest BCUT2D eigenvalue weighted by atomic mass is 16.6. The van der Waals surface area contributed by atoms with E-state index < -0.39 is 28.9 Å². The second kappa shape index (κ2) is 11.6. The number of pyridine rings is 1. The summed E-state index contributed by atoms with van der Waals surface area (Å²) in [7, 11) is 0. The molecule has 9 nitrogen and oxygen atoms in total. The number of aromatic nitrogens is 4. The first-order chi connectivity index (χ1) is 21.9. The summed E-state index contributed by atoms with van der Waals surface area (Å²) >= 11 is 0. The number of hydrogen-bond donors (Lipinski definition) is 1. The lowest BCUT2D eigenvalue weighted by atomic mass is 9.71. The Morgan fingerprint density at radius 3 is 2.30 bits per heavy atom. The predicted octanol–water partition coefficient (Wildman–Crippen LogP) is 8.20. The van der Waals surface area contributed by atoms with Crippen molar-refractivity contribution in [3.63, 3.8) is 0 Å². The molecular formula is C37H38N5O4+. The molecule has 0 saturated heterocycles. The Morgan fingerprint density at radius 1 is 0.957 bits per heavy atom. The van der Waals surface area contributed by atoms with Gasteiger partial charge in [0.15, 0.2) is 0 Å². The van der Waals surface area contributed by atoms with E-state index in [1.807, 2.05) is 36.5 Å². The summed E-state index contributed by atoms with van der Waals surface area (Å²) in [6, 6.07) is 22.4. The zero-order valence-electron chi connectivity index (χ0n) is 26.6. The SMILES string of the molecule is C=CC(C)(C)OC(=O)n1cc(-c2ccn3c(-c4ccccc4)c(-c4ccc(C5(NC(=O)OC([CH2+])(C)C)CCC5)cc4)nc3c2)cn1. The summed E-state index contributed by atoms with van der Waals surface area (Å²) in [6.07, 6.45) is 8.48. The third-order valence-corrected chi connectivity index (χ3v) is 8.25. The van der Waals surface area contributed by atoms with Crippen molar-refractivity contribution in [1.82, 2.24) is 24.5 Å². The lowest BCUT2D eigenvalue weighted by molar-refractivity contribution is 0.0524. The van der Waals surface area contributed by atoms with Crippen molar-refractivity contribution in [1.29, 1.82) is 0 Å². The molecule has 0 radical (unpaired) electrons. The molecule has 0 atom stereocenters. The Morgan fingerprint density at radius 2 is 1.67 bits per heavy atom. The van der Waals surface area contributed by atoms with Crippen molar-refractivity contribution in [3.8, 4) is 33.6 Å². The topological polar surface area (TPSA) is 99.8 Å². The Kier molecular flexibility index (Phi) is 7.72. The van der Waals surface area contributed by atoms with Crippen LogP contribution in [-0.4, -0.2) is 42.6 Å². The highest BCUT2D eigenvalue weighted by Gasteiger charge is 2.41. The molecule has 0 aliphatic heterocycles. The van der Waals surface area contributed by atoms with E-state index in [9.17, 15) is 9.59 Å². The van der Waals surface area contributed by atoms with Crippen LogP contribution in [0.2, 0.25) is 0 Å². The normalized spacial score (nSPS) is 14.3. The number of carbonyl (C=O) groups excluding carboxylic acids is 2. The summed E-state index contributed by atoms with van der Waals surface area (Å²) in [5.74, 6) is 0. The van der Waals surface area contributed by atoms with Crippen LogP contribution in [0.1, 0.15) is 52.5 Å². The van der Waals surface area contributed by atoms with Crippen molar-refractivity contribution in [3.05, 3.63) is 110 Å². The van der Waals surface area contributed by atoms with Gasteiger partial charge in [-0.3, -0.25) is 4.40 Å². The van der Waals surface area contributed by atoms with E-state index in [0.29, 0.717) is 0 Å². The minimum Gasteiger partial charge on any atom is -0.438 e. The first-order valence-corrected chi connectivity index (χ1v) is 15.3. The molecule has 3 aromatic heterocycles. The molecule has 1 saturated carbocycles. The van der Waals surface area contributed by atoms with Gasteiger partial charge in [-0.15, -0.1) is 0 Å². The van der Waals surface area contributed by atoms with E-state index >= 15 is 0 Å². The molecule has 1 N–H and O–H groups in total. The third-order valence-electron chi connectivity index (χ3n) is 8.25. The van der Waals surface area contributed by atoms with Gasteiger partial charge in [0.1, 0.15) is 18.2 Å². The van der Waals surface area contributed by atoms with Crippen molar-refractivity contribution < 1.29 is 19.1 Å². The summed E-state index contributed by atoms with van der Waals surface area (Å²) in [5.41, 5.74) is 5.05. The molecule has 1 amide bonds. The van der Waals surface area contributed by atoms with Gasteiger partial charge in [0.2, 0.25) is 5.60 Å². The van der Waals surface area contributed by atoms with Crippen molar-refractivity contribution in [2.45, 2.75) is 63.7 Å². The zero-order chi connectivity index (χ0) is 32.7. The molecule has 5 aromatic rings. The monoisotopic (exact) mass is 616 g/mol. The van der Waals surface area contributed by atoms with Gasteiger partial charge < -0.3 is 14.8 Å². The number of rotatable bonds is 8. The maximum Gasteiger partial charge on any atom is 0.435 e. The highest BCUT2D eigenvalue weighted by Crippen LogP contribution is 2.42. The molecule has 46 heavy (non-hydrogen) atoms. The van der Waals surface area contributed by atoms with E-state index in [1.165, 1.54) is 4.68 Å². The zero-order valence-corrected chi connectivity index (χ0v) is 26.6. The third kappa shape index (κ3) is 6.13. The van der Waals surface area contributed by atoms with Gasteiger partial charge in [-0.05, 0) is 62.4 Å². The van der Waals surface area contributed by atoms with Crippen molar-refractivity contribution >= 4 is 17.8 Å². The lowest BCUT2D eigenvalue weighted by Gasteiger charge is -2.42. The minimum absolute atomic E-state index is 0.463. The van der Waals surface area contributed by atoms with Crippen LogP contribution < -0.4 is 5.32 Å². The van der Waals surface area contributed by atoms with E-state index in [4.69, 9.17) is 14.5 Å². The van der Waals surface area contributed by atoms with Gasteiger partial charge in [-0.1, -0.05) is 61.2 Å². The summed E-state index contributed by atoms with van der Waals surface area (Å²) in [6.45, 7) is 14.6. The molecule has 0 bridgehead atoms. The van der Waals surface area contributed by atoms with Gasteiger partial charge >= 0.3 is 12.2 Å². The molecule has 0 unspecified atom stereocenters. The fraction of sp³-hybridized carbons (Fsp3) is 0.270. The largest absolute Gasteiger partial charge is 0.438 e. The quantitative estimate of drug-likeness (QED) is 0.139. The number of alkyl carbamates (subject to hydrolysis) is 1. The molecular weight excluding hydrogens is 578 g/mol. The van der Waals surface area contributed by atoms with E-state index in [1.54, 1.807) is 46.2 Å². The number of imidazole rings is 1. The maximum atomic E-state index is 12.6. The highest BCUT2D eigenvalue weighted by molar-refractivity contribution is 5.83. The fourth-order valence-electron chi connectivity index (χ4n) is 5.62. The molecule has 1 fully saturated rings. The second-order valence-electron chi connectivity index (χ2n) is 13.0. The molecule has 1 aliphatic rings. The average Bonchev–Trinajstić information content (AvgIpc) is 3.64. The Labute approximate surface area is 268 Å².